The summed E-state index contributed by atoms with van der Waals surface area (Å²) in [5, 5.41) is 0. The van der Waals surface area contributed by atoms with E-state index in [1.807, 2.05) is 19.1 Å². The Hall–Kier alpha value is -0.511. The first-order valence-electron chi connectivity index (χ1n) is 14.8. The van der Waals surface area contributed by atoms with Crippen molar-refractivity contribution in [3.63, 3.8) is 0 Å². The average molecular weight is 625 g/mol. The van der Waals surface area contributed by atoms with E-state index in [9.17, 15) is 8.42 Å². The van der Waals surface area contributed by atoms with Crippen LogP contribution < -0.4 is 4.72 Å². The van der Waals surface area contributed by atoms with Crippen LogP contribution in [0.15, 0.2) is 29.2 Å². The third-order valence-electron chi connectivity index (χ3n) is 7.18. The van der Waals surface area contributed by atoms with Crippen molar-refractivity contribution in [3.8, 4) is 9.86 Å². The Morgan fingerprint density at radius 1 is 0.833 bits per heavy atom. The van der Waals surface area contributed by atoms with Gasteiger partial charge in [0.2, 0.25) is 0 Å². The van der Waals surface area contributed by atoms with Crippen LogP contribution >= 0.6 is 0 Å². The average Bonchev–Trinajstić information content (AvgIpc) is 2.84. The van der Waals surface area contributed by atoms with Crippen molar-refractivity contribution in [2.24, 2.45) is 11.8 Å². The van der Waals surface area contributed by atoms with Gasteiger partial charge in [0.1, 0.15) is 0 Å². The molecule has 0 aliphatic carbocycles. The molecule has 1 rings (SSSR count). The van der Waals surface area contributed by atoms with Crippen LogP contribution in [0.4, 0.5) is 0 Å². The molecule has 0 bridgehead atoms. The van der Waals surface area contributed by atoms with E-state index in [4.69, 9.17) is 0 Å². The van der Waals surface area contributed by atoms with Crippen molar-refractivity contribution in [1.29, 1.82) is 0 Å². The minimum atomic E-state index is -3.41. The number of sulfonamides is 1. The van der Waals surface area contributed by atoms with Crippen LogP contribution in [-0.4, -0.2) is 33.3 Å². The summed E-state index contributed by atoms with van der Waals surface area (Å²) in [4.78, 5) is 0.351. The minimum absolute atomic E-state index is 0.351. The molecular formula is C31H55NO2SSn. The van der Waals surface area contributed by atoms with Crippen molar-refractivity contribution in [2.75, 3.05) is 6.54 Å². The van der Waals surface area contributed by atoms with Gasteiger partial charge in [-0.05, 0) is 6.92 Å². The summed E-state index contributed by atoms with van der Waals surface area (Å²) in [5.74, 6) is 5.05. The van der Waals surface area contributed by atoms with Gasteiger partial charge in [-0.1, -0.05) is 17.7 Å². The summed E-state index contributed by atoms with van der Waals surface area (Å²) in [5.41, 5.74) is 1.07. The van der Waals surface area contributed by atoms with Crippen LogP contribution in [-0.2, 0) is 10.0 Å². The normalized spacial score (nSPS) is 13.0. The fraction of sp³-hybridized carbons (Fsp3) is 0.742. The van der Waals surface area contributed by atoms with Crippen LogP contribution in [0.5, 0.6) is 0 Å². The summed E-state index contributed by atoms with van der Waals surface area (Å²) in [6.07, 6.45) is 13.4. The molecule has 0 saturated heterocycles. The van der Waals surface area contributed by atoms with Gasteiger partial charge in [-0.3, -0.25) is 0 Å². The SMILES string of the molecule is CCC[CH2][Sn]([C]#CC(CCCCCNS(=O)(=O)c1ccc(C)cc1)CC(C)C)([CH2]CCC)[CH2]CCC. The Morgan fingerprint density at radius 3 is 1.89 bits per heavy atom. The summed E-state index contributed by atoms with van der Waals surface area (Å²) < 4.78 is 36.2. The monoisotopic (exact) mass is 625 g/mol. The number of unbranched alkanes of at least 4 members (excludes halogenated alkanes) is 5. The van der Waals surface area contributed by atoms with E-state index in [1.54, 1.807) is 12.1 Å². The molecule has 5 heteroatoms. The van der Waals surface area contributed by atoms with Crippen LogP contribution in [0.3, 0.4) is 0 Å². The third kappa shape index (κ3) is 13.9. The second-order valence-electron chi connectivity index (χ2n) is 11.2. The van der Waals surface area contributed by atoms with Crippen molar-refractivity contribution >= 4 is 28.4 Å². The predicted molar refractivity (Wildman–Crippen MR) is 160 cm³/mol. The molecule has 1 atom stereocenters. The molecular weight excluding hydrogens is 569 g/mol. The van der Waals surface area contributed by atoms with Crippen LogP contribution in [0.2, 0.25) is 13.3 Å². The number of hydrogen-bond donors (Lipinski definition) is 1. The molecule has 0 spiro atoms. The molecule has 0 saturated carbocycles. The van der Waals surface area contributed by atoms with Crippen molar-refractivity contribution < 1.29 is 8.42 Å². The van der Waals surface area contributed by atoms with Crippen LogP contribution in [0.25, 0.3) is 0 Å². The number of hydrogen-bond acceptors (Lipinski definition) is 2. The molecule has 1 aromatic rings. The zero-order chi connectivity index (χ0) is 26.9. The molecule has 0 amide bonds. The van der Waals surface area contributed by atoms with Crippen LogP contribution in [0.1, 0.15) is 111 Å². The van der Waals surface area contributed by atoms with Gasteiger partial charge in [0.05, 0.1) is 0 Å². The molecule has 3 nitrogen and oxygen atoms in total. The van der Waals surface area contributed by atoms with Gasteiger partial charge in [0.25, 0.3) is 0 Å². The first-order valence-corrected chi connectivity index (χ1v) is 23.7. The van der Waals surface area contributed by atoms with Gasteiger partial charge < -0.3 is 0 Å². The predicted octanol–water partition coefficient (Wildman–Crippen LogP) is 8.89. The number of aryl methyl sites for hydroxylation is 1. The van der Waals surface area contributed by atoms with E-state index in [1.165, 1.54) is 58.3 Å². The zero-order valence-electron chi connectivity index (χ0n) is 24.3. The van der Waals surface area contributed by atoms with Gasteiger partial charge in [0.15, 0.2) is 0 Å². The number of nitrogens with one attached hydrogen (secondary N) is 1. The molecule has 0 radical (unpaired) electrons. The molecule has 0 fully saturated rings. The van der Waals surface area contributed by atoms with Crippen molar-refractivity contribution in [3.05, 3.63) is 29.8 Å². The Kier molecular flexibility index (Phi) is 17.4. The first kappa shape index (κ1) is 33.5. The fourth-order valence-electron chi connectivity index (χ4n) is 4.88. The van der Waals surface area contributed by atoms with Crippen molar-refractivity contribution in [2.45, 2.75) is 130 Å². The Bertz CT molecular complexity index is 846. The molecule has 0 aliphatic rings. The molecule has 1 unspecified atom stereocenters. The summed E-state index contributed by atoms with van der Waals surface area (Å²) in [7, 11) is -3.41. The van der Waals surface area contributed by atoms with Crippen molar-refractivity contribution in [1.82, 2.24) is 4.72 Å². The summed E-state index contributed by atoms with van der Waals surface area (Å²) in [6.45, 7) is 14.1. The maximum atomic E-state index is 12.5. The Labute approximate surface area is 228 Å². The first-order chi connectivity index (χ1) is 17.2. The topological polar surface area (TPSA) is 46.2 Å². The quantitative estimate of drug-likeness (QED) is 0.0950. The molecule has 1 aromatic carbocycles. The van der Waals surface area contributed by atoms with Gasteiger partial charge >= 0.3 is 205 Å². The second kappa shape index (κ2) is 18.7. The Balaban J connectivity index is 2.70. The zero-order valence-corrected chi connectivity index (χ0v) is 28.0. The van der Waals surface area contributed by atoms with Gasteiger partial charge in [-0.2, -0.15) is 0 Å². The summed E-state index contributed by atoms with van der Waals surface area (Å²) in [6, 6.07) is 7.05. The standard InChI is InChI=1S/C19H28NO2S.3C4H9.Sn/c1-5-18(15-16(2)3)9-7-6-8-14-20-23(21,22)19-12-10-17(4)11-13-19;3*1-3-4-2;/h10-13,16,18,20H,6-9,14-15H2,2-4H3;3*1,3-4H2,2H3;. The van der Waals surface area contributed by atoms with E-state index in [0.717, 1.165) is 31.2 Å². The molecule has 206 valence electrons. The van der Waals surface area contributed by atoms with E-state index in [0.29, 0.717) is 23.3 Å². The van der Waals surface area contributed by atoms with E-state index in [2.05, 4.69) is 49.2 Å². The van der Waals surface area contributed by atoms with E-state index < -0.39 is 28.4 Å². The molecule has 36 heavy (non-hydrogen) atoms. The fourth-order valence-corrected chi connectivity index (χ4v) is 19.4. The molecule has 0 heterocycles. The second-order valence-corrected chi connectivity index (χ2v) is 25.3. The van der Waals surface area contributed by atoms with E-state index >= 15 is 0 Å². The maximum absolute atomic E-state index is 12.5. The molecule has 0 aliphatic heterocycles. The third-order valence-corrected chi connectivity index (χ3v) is 21.8. The molecule has 0 aromatic heterocycles. The van der Waals surface area contributed by atoms with Crippen LogP contribution in [0, 0.1) is 28.6 Å². The number of rotatable bonds is 19. The Morgan fingerprint density at radius 2 is 1.39 bits per heavy atom. The van der Waals surface area contributed by atoms with Gasteiger partial charge in [-0.15, -0.1) is 0 Å². The molecule has 1 N–H and O–H groups in total. The summed E-state index contributed by atoms with van der Waals surface area (Å²) >= 11 is -2.41. The van der Waals surface area contributed by atoms with Gasteiger partial charge in [0, 0.05) is 0 Å². The number of benzene rings is 1. The van der Waals surface area contributed by atoms with Gasteiger partial charge in [-0.25, -0.2) is 0 Å². The van der Waals surface area contributed by atoms with E-state index in [-0.39, 0.29) is 0 Å².